The van der Waals surface area contributed by atoms with Crippen molar-refractivity contribution in [1.82, 2.24) is 0 Å². The summed E-state index contributed by atoms with van der Waals surface area (Å²) < 4.78 is 0. The summed E-state index contributed by atoms with van der Waals surface area (Å²) in [5, 5.41) is 4.45. The highest BCUT2D eigenvalue weighted by Gasteiger charge is 2.07. The van der Waals surface area contributed by atoms with Gasteiger partial charge in [0.05, 0.1) is 0 Å². The van der Waals surface area contributed by atoms with Gasteiger partial charge in [-0.25, -0.2) is 0 Å². The first kappa shape index (κ1) is 25.7. The number of hydrogen-bond acceptors (Lipinski definition) is 2. The molecular formula is C28H46S2. The van der Waals surface area contributed by atoms with Gasteiger partial charge in [0, 0.05) is 9.75 Å². The van der Waals surface area contributed by atoms with Gasteiger partial charge in [0.1, 0.15) is 0 Å². The van der Waals surface area contributed by atoms with Gasteiger partial charge in [-0.1, -0.05) is 122 Å². The smallest absolute Gasteiger partial charge is 0.0474 e. The molecule has 2 heterocycles. The molecule has 2 aromatic heterocycles. The van der Waals surface area contributed by atoms with Crippen molar-refractivity contribution in [3.05, 3.63) is 34.5 Å². The molecule has 0 N–H and O–H groups in total. The summed E-state index contributed by atoms with van der Waals surface area (Å²) in [7, 11) is 0. The van der Waals surface area contributed by atoms with Crippen LogP contribution in [0.1, 0.15) is 128 Å². The largest absolute Gasteiger partial charge is 0.143 e. The highest BCUT2D eigenvalue weighted by molar-refractivity contribution is 7.20. The Balaban J connectivity index is 1.31. The highest BCUT2D eigenvalue weighted by atomic mass is 32.1. The van der Waals surface area contributed by atoms with Crippen LogP contribution < -0.4 is 0 Å². The lowest BCUT2D eigenvalue weighted by molar-refractivity contribution is 0.525. The molecule has 0 amide bonds. The molecule has 0 saturated heterocycles. The standard InChI is InChI=1S/C28H46S2/c1-2-3-4-5-6-7-8-9-10-11-12-13-14-15-16-17-18-19-21-26-23-25-30-28(26)27-22-20-24-29-27/h20,22-25H,2-19,21H2,1H3. The zero-order valence-corrected chi connectivity index (χ0v) is 21.3. The Kier molecular flexibility index (Phi) is 15.4. The Morgan fingerprint density at radius 3 is 1.50 bits per heavy atom. The molecule has 2 aromatic rings. The first-order valence-electron chi connectivity index (χ1n) is 13.0. The van der Waals surface area contributed by atoms with Gasteiger partial charge in [-0.3, -0.25) is 0 Å². The van der Waals surface area contributed by atoms with Gasteiger partial charge in [0.25, 0.3) is 0 Å². The molecule has 2 heteroatoms. The van der Waals surface area contributed by atoms with Crippen LogP contribution in [0.4, 0.5) is 0 Å². The predicted molar refractivity (Wildman–Crippen MR) is 140 cm³/mol. The summed E-state index contributed by atoms with van der Waals surface area (Å²) in [6.45, 7) is 2.30. The summed E-state index contributed by atoms with van der Waals surface area (Å²) in [4.78, 5) is 2.96. The van der Waals surface area contributed by atoms with Gasteiger partial charge >= 0.3 is 0 Å². The Bertz CT molecular complexity index is 596. The molecule has 170 valence electrons. The monoisotopic (exact) mass is 446 g/mol. The minimum absolute atomic E-state index is 1.26. The van der Waals surface area contributed by atoms with E-state index in [1.165, 1.54) is 132 Å². The molecule has 0 nitrogen and oxygen atoms in total. The van der Waals surface area contributed by atoms with Crippen molar-refractivity contribution >= 4 is 22.7 Å². The van der Waals surface area contributed by atoms with Crippen LogP contribution in [-0.4, -0.2) is 0 Å². The van der Waals surface area contributed by atoms with Gasteiger partial charge in [0.15, 0.2) is 0 Å². The molecule has 0 aliphatic rings. The van der Waals surface area contributed by atoms with Crippen molar-refractivity contribution in [3.63, 3.8) is 0 Å². The fourth-order valence-corrected chi connectivity index (χ4v) is 6.24. The van der Waals surface area contributed by atoms with Gasteiger partial charge in [-0.2, -0.15) is 0 Å². The molecule has 0 bridgehead atoms. The lowest BCUT2D eigenvalue weighted by Gasteiger charge is -2.04. The van der Waals surface area contributed by atoms with Crippen LogP contribution in [0.3, 0.4) is 0 Å². The second kappa shape index (κ2) is 18.0. The topological polar surface area (TPSA) is 0 Å². The summed E-state index contributed by atoms with van der Waals surface area (Å²) in [5.41, 5.74) is 1.57. The van der Waals surface area contributed by atoms with E-state index < -0.39 is 0 Å². The molecule has 0 fully saturated rings. The minimum atomic E-state index is 1.26. The lowest BCUT2D eigenvalue weighted by atomic mass is 10.0. The third kappa shape index (κ3) is 11.7. The third-order valence-corrected chi connectivity index (χ3v) is 8.30. The average molecular weight is 447 g/mol. The zero-order valence-electron chi connectivity index (χ0n) is 19.6. The zero-order chi connectivity index (χ0) is 21.1. The fourth-order valence-electron chi connectivity index (χ4n) is 4.37. The van der Waals surface area contributed by atoms with E-state index in [0.717, 1.165) is 0 Å². The van der Waals surface area contributed by atoms with Crippen molar-refractivity contribution in [2.45, 2.75) is 129 Å². The quantitative estimate of drug-likeness (QED) is 0.177. The van der Waals surface area contributed by atoms with Crippen LogP contribution in [-0.2, 0) is 6.42 Å². The number of unbranched alkanes of at least 4 members (excludes halogenated alkanes) is 17. The van der Waals surface area contributed by atoms with E-state index in [9.17, 15) is 0 Å². The van der Waals surface area contributed by atoms with Crippen molar-refractivity contribution in [2.75, 3.05) is 0 Å². The molecule has 0 atom stereocenters. The van der Waals surface area contributed by atoms with Crippen LogP contribution in [0.15, 0.2) is 29.0 Å². The van der Waals surface area contributed by atoms with E-state index in [1.54, 1.807) is 5.56 Å². The molecule has 0 aliphatic heterocycles. The molecule has 0 saturated carbocycles. The molecule has 0 aromatic carbocycles. The van der Waals surface area contributed by atoms with E-state index >= 15 is 0 Å². The summed E-state index contributed by atoms with van der Waals surface area (Å²) in [5.74, 6) is 0. The summed E-state index contributed by atoms with van der Waals surface area (Å²) >= 11 is 3.78. The minimum Gasteiger partial charge on any atom is -0.143 e. The Hall–Kier alpha value is -0.600. The van der Waals surface area contributed by atoms with Crippen LogP contribution in [0.2, 0.25) is 0 Å². The summed E-state index contributed by atoms with van der Waals surface area (Å²) in [6.07, 6.45) is 27.3. The lowest BCUT2D eigenvalue weighted by Crippen LogP contribution is -1.86. The van der Waals surface area contributed by atoms with E-state index in [1.807, 2.05) is 22.7 Å². The molecule has 30 heavy (non-hydrogen) atoms. The molecule has 2 rings (SSSR count). The molecule has 0 radical (unpaired) electrons. The Morgan fingerprint density at radius 1 is 0.533 bits per heavy atom. The SMILES string of the molecule is CCCCCCCCCCCCCCCCCCCCc1ccsc1-c1cccs1. The third-order valence-electron chi connectivity index (χ3n) is 6.29. The summed E-state index contributed by atoms with van der Waals surface area (Å²) in [6, 6.07) is 6.77. The second-order valence-corrected chi connectivity index (χ2v) is 10.9. The maximum Gasteiger partial charge on any atom is 0.0474 e. The molecule has 0 aliphatic carbocycles. The van der Waals surface area contributed by atoms with Crippen molar-refractivity contribution in [1.29, 1.82) is 0 Å². The van der Waals surface area contributed by atoms with Crippen molar-refractivity contribution in [3.8, 4) is 9.75 Å². The van der Waals surface area contributed by atoms with Gasteiger partial charge in [-0.05, 0) is 41.3 Å². The molecule has 0 unspecified atom stereocenters. The van der Waals surface area contributed by atoms with Gasteiger partial charge in [0.2, 0.25) is 0 Å². The average Bonchev–Trinajstić information content (AvgIpc) is 3.44. The van der Waals surface area contributed by atoms with Crippen molar-refractivity contribution < 1.29 is 0 Å². The van der Waals surface area contributed by atoms with Crippen LogP contribution >= 0.6 is 22.7 Å². The van der Waals surface area contributed by atoms with E-state index in [0.29, 0.717) is 0 Å². The Labute approximate surface area is 195 Å². The van der Waals surface area contributed by atoms with Crippen molar-refractivity contribution in [2.24, 2.45) is 0 Å². The van der Waals surface area contributed by atoms with Crippen LogP contribution in [0, 0.1) is 0 Å². The molecule has 0 spiro atoms. The van der Waals surface area contributed by atoms with Crippen LogP contribution in [0.25, 0.3) is 9.75 Å². The predicted octanol–water partition coefficient (Wildman–Crippen LogP) is 11.1. The van der Waals surface area contributed by atoms with Gasteiger partial charge in [-0.15, -0.1) is 22.7 Å². The maximum atomic E-state index is 2.34. The number of aryl methyl sites for hydroxylation is 1. The van der Waals surface area contributed by atoms with Crippen LogP contribution in [0.5, 0.6) is 0 Å². The number of rotatable bonds is 20. The molecular weight excluding hydrogens is 400 g/mol. The van der Waals surface area contributed by atoms with E-state index in [-0.39, 0.29) is 0 Å². The van der Waals surface area contributed by atoms with E-state index in [2.05, 4.69) is 35.9 Å². The first-order chi connectivity index (χ1) is 14.9. The number of thiophene rings is 2. The number of hydrogen-bond donors (Lipinski definition) is 0. The van der Waals surface area contributed by atoms with E-state index in [4.69, 9.17) is 0 Å². The van der Waals surface area contributed by atoms with Gasteiger partial charge < -0.3 is 0 Å². The highest BCUT2D eigenvalue weighted by Crippen LogP contribution is 2.33. The Morgan fingerprint density at radius 2 is 1.03 bits per heavy atom. The first-order valence-corrected chi connectivity index (χ1v) is 14.8. The fraction of sp³-hybridized carbons (Fsp3) is 0.714. The second-order valence-electron chi connectivity index (χ2n) is 9.01. The maximum absolute atomic E-state index is 2.34. The normalized spacial score (nSPS) is 11.4.